The van der Waals surface area contributed by atoms with Crippen molar-refractivity contribution in [1.29, 1.82) is 0 Å². The van der Waals surface area contributed by atoms with Crippen molar-refractivity contribution in [2.24, 2.45) is 0 Å². The van der Waals surface area contributed by atoms with Crippen molar-refractivity contribution in [1.82, 2.24) is 10.3 Å². The van der Waals surface area contributed by atoms with Crippen molar-refractivity contribution < 1.29 is 19.1 Å². The zero-order chi connectivity index (χ0) is 20.3. The van der Waals surface area contributed by atoms with Crippen LogP contribution in [0.2, 0.25) is 5.02 Å². The molecule has 3 rings (SSSR count). The molecular formula is C21H19ClN2O4. The van der Waals surface area contributed by atoms with E-state index in [-0.39, 0.29) is 12.3 Å². The molecule has 0 fully saturated rings. The highest BCUT2D eigenvalue weighted by Crippen LogP contribution is 2.23. The van der Waals surface area contributed by atoms with E-state index in [1.165, 1.54) is 6.92 Å². The van der Waals surface area contributed by atoms with E-state index in [1.807, 2.05) is 24.3 Å². The molecule has 0 saturated heterocycles. The van der Waals surface area contributed by atoms with E-state index in [0.717, 1.165) is 10.9 Å². The summed E-state index contributed by atoms with van der Waals surface area (Å²) in [6.07, 6.45) is -0.974. The summed E-state index contributed by atoms with van der Waals surface area (Å²) in [6.45, 7) is 2.97. The van der Waals surface area contributed by atoms with E-state index in [4.69, 9.17) is 16.3 Å². The van der Waals surface area contributed by atoms with E-state index in [1.54, 1.807) is 31.2 Å². The first-order valence-corrected chi connectivity index (χ1v) is 9.09. The number of fused-ring (bicyclic) bond motifs is 1. The Bertz CT molecular complexity index is 1040. The lowest BCUT2D eigenvalue weighted by Crippen LogP contribution is -2.34. The molecule has 0 unspecified atom stereocenters. The van der Waals surface area contributed by atoms with Gasteiger partial charge in [0.15, 0.2) is 6.10 Å². The number of para-hydroxylation sites is 1. The van der Waals surface area contributed by atoms with Crippen molar-refractivity contribution in [3.63, 3.8) is 0 Å². The SMILES string of the molecule is Cc1[nH]c2ccccc2c1C(=O)[C@@H](C)OC(=O)CNC(=O)c1ccc(Cl)cc1. The molecule has 0 bridgehead atoms. The summed E-state index contributed by atoms with van der Waals surface area (Å²) in [7, 11) is 0. The highest BCUT2D eigenvalue weighted by molar-refractivity contribution is 6.30. The summed E-state index contributed by atoms with van der Waals surface area (Å²) in [5.41, 5.74) is 2.43. The summed E-state index contributed by atoms with van der Waals surface area (Å²) in [6, 6.07) is 13.7. The first-order valence-electron chi connectivity index (χ1n) is 8.71. The Morgan fingerprint density at radius 1 is 1.11 bits per heavy atom. The maximum atomic E-state index is 12.8. The van der Waals surface area contributed by atoms with Crippen LogP contribution in [0.4, 0.5) is 0 Å². The van der Waals surface area contributed by atoms with Gasteiger partial charge >= 0.3 is 5.97 Å². The van der Waals surface area contributed by atoms with Crippen LogP contribution in [0.25, 0.3) is 10.9 Å². The minimum atomic E-state index is -0.974. The molecule has 3 aromatic rings. The average Bonchev–Trinajstić information content (AvgIpc) is 3.01. The Morgan fingerprint density at radius 3 is 2.50 bits per heavy atom. The lowest BCUT2D eigenvalue weighted by atomic mass is 10.0. The van der Waals surface area contributed by atoms with Gasteiger partial charge in [0.2, 0.25) is 5.78 Å². The number of ketones is 1. The van der Waals surface area contributed by atoms with Crippen molar-refractivity contribution in [2.75, 3.05) is 6.54 Å². The van der Waals surface area contributed by atoms with Crippen LogP contribution in [-0.4, -0.2) is 35.3 Å². The molecule has 1 amide bonds. The third-order valence-corrected chi connectivity index (χ3v) is 4.57. The first kappa shape index (κ1) is 19.6. The Morgan fingerprint density at radius 2 is 1.79 bits per heavy atom. The molecule has 0 aliphatic carbocycles. The summed E-state index contributed by atoms with van der Waals surface area (Å²) < 4.78 is 5.21. The first-order chi connectivity index (χ1) is 13.4. The van der Waals surface area contributed by atoms with Crippen LogP contribution in [0.5, 0.6) is 0 Å². The van der Waals surface area contributed by atoms with Gasteiger partial charge in [-0.3, -0.25) is 14.4 Å². The van der Waals surface area contributed by atoms with Gasteiger partial charge in [-0.15, -0.1) is 0 Å². The molecule has 1 aromatic heterocycles. The molecule has 0 aliphatic rings. The van der Waals surface area contributed by atoms with Gasteiger partial charge < -0.3 is 15.0 Å². The van der Waals surface area contributed by atoms with Crippen LogP contribution >= 0.6 is 11.6 Å². The van der Waals surface area contributed by atoms with Crippen LogP contribution < -0.4 is 5.32 Å². The Balaban J connectivity index is 1.60. The second-order valence-corrected chi connectivity index (χ2v) is 6.79. The number of carbonyl (C=O) groups is 3. The number of benzene rings is 2. The van der Waals surface area contributed by atoms with Crippen molar-refractivity contribution in [3.8, 4) is 0 Å². The summed E-state index contributed by atoms with van der Waals surface area (Å²) in [5, 5.41) is 3.76. The molecular weight excluding hydrogens is 380 g/mol. The van der Waals surface area contributed by atoms with E-state index in [2.05, 4.69) is 10.3 Å². The van der Waals surface area contributed by atoms with Crippen LogP contribution in [0, 0.1) is 6.92 Å². The van der Waals surface area contributed by atoms with Crippen LogP contribution in [0.3, 0.4) is 0 Å². The van der Waals surface area contributed by atoms with E-state index < -0.39 is 18.0 Å². The number of rotatable bonds is 6. The number of aromatic nitrogens is 1. The Kier molecular flexibility index (Phi) is 5.80. The number of ether oxygens (including phenoxy) is 1. The van der Waals surface area contributed by atoms with Crippen molar-refractivity contribution in [3.05, 3.63) is 70.4 Å². The molecule has 0 spiro atoms. The largest absolute Gasteiger partial charge is 0.453 e. The number of H-pyrrole nitrogens is 1. The monoisotopic (exact) mass is 398 g/mol. The van der Waals surface area contributed by atoms with Crippen LogP contribution in [0.15, 0.2) is 48.5 Å². The molecule has 0 radical (unpaired) electrons. The number of aromatic amines is 1. The predicted molar refractivity (Wildman–Crippen MR) is 107 cm³/mol. The highest BCUT2D eigenvalue weighted by atomic mass is 35.5. The van der Waals surface area contributed by atoms with E-state index in [0.29, 0.717) is 21.8 Å². The van der Waals surface area contributed by atoms with Gasteiger partial charge in [0, 0.05) is 32.7 Å². The summed E-state index contributed by atoms with van der Waals surface area (Å²) in [4.78, 5) is 40.0. The molecule has 2 aromatic carbocycles. The lowest BCUT2D eigenvalue weighted by Gasteiger charge is -2.13. The fraction of sp³-hybridized carbons (Fsp3) is 0.190. The fourth-order valence-corrected chi connectivity index (χ4v) is 3.07. The number of amides is 1. The van der Waals surface area contributed by atoms with Gasteiger partial charge in [-0.25, -0.2) is 0 Å². The van der Waals surface area contributed by atoms with Gasteiger partial charge in [0.25, 0.3) is 5.91 Å². The minimum Gasteiger partial charge on any atom is -0.453 e. The van der Waals surface area contributed by atoms with Crippen molar-refractivity contribution in [2.45, 2.75) is 20.0 Å². The zero-order valence-corrected chi connectivity index (χ0v) is 16.2. The molecule has 6 nitrogen and oxygen atoms in total. The summed E-state index contributed by atoms with van der Waals surface area (Å²) in [5.74, 6) is -1.42. The standard InChI is InChI=1S/C21H19ClN2O4/c1-12-19(16-5-3-4-6-17(16)24-12)20(26)13(2)28-18(25)11-23-21(27)14-7-9-15(22)10-8-14/h3-10,13,24H,11H2,1-2H3,(H,23,27)/t13-/m1/s1. The van der Waals surface area contributed by atoms with Gasteiger partial charge in [-0.05, 0) is 44.2 Å². The second kappa shape index (κ2) is 8.27. The van der Waals surface area contributed by atoms with Crippen LogP contribution in [-0.2, 0) is 9.53 Å². The van der Waals surface area contributed by atoms with E-state index >= 15 is 0 Å². The number of nitrogens with one attached hydrogen (secondary N) is 2. The fourth-order valence-electron chi connectivity index (χ4n) is 2.95. The Labute approximate surface area is 166 Å². The number of carbonyl (C=O) groups excluding carboxylic acids is 3. The number of esters is 1. The number of Topliss-reactive ketones (excluding diaryl/α,β-unsaturated/α-hetero) is 1. The zero-order valence-electron chi connectivity index (χ0n) is 15.4. The smallest absolute Gasteiger partial charge is 0.326 e. The molecule has 0 saturated carbocycles. The molecule has 28 heavy (non-hydrogen) atoms. The third kappa shape index (κ3) is 4.23. The topological polar surface area (TPSA) is 88.3 Å². The molecule has 144 valence electrons. The third-order valence-electron chi connectivity index (χ3n) is 4.32. The van der Waals surface area contributed by atoms with Crippen molar-refractivity contribution >= 4 is 40.2 Å². The normalized spacial score (nSPS) is 11.8. The number of hydrogen-bond donors (Lipinski definition) is 2. The maximum Gasteiger partial charge on any atom is 0.326 e. The van der Waals surface area contributed by atoms with E-state index in [9.17, 15) is 14.4 Å². The molecule has 2 N–H and O–H groups in total. The summed E-state index contributed by atoms with van der Waals surface area (Å²) >= 11 is 5.78. The predicted octanol–water partition coefficient (Wildman–Crippen LogP) is 3.67. The molecule has 7 heteroatoms. The van der Waals surface area contributed by atoms with Crippen LogP contribution in [0.1, 0.15) is 33.3 Å². The molecule has 1 atom stereocenters. The quantitative estimate of drug-likeness (QED) is 0.489. The second-order valence-electron chi connectivity index (χ2n) is 6.36. The molecule has 0 aliphatic heterocycles. The average molecular weight is 399 g/mol. The maximum absolute atomic E-state index is 12.8. The lowest BCUT2D eigenvalue weighted by molar-refractivity contribution is -0.145. The number of aryl methyl sites for hydroxylation is 1. The molecule has 1 heterocycles. The van der Waals surface area contributed by atoms with Gasteiger partial charge in [-0.2, -0.15) is 0 Å². The van der Waals surface area contributed by atoms with Gasteiger partial charge in [0.05, 0.1) is 0 Å². The number of halogens is 1. The van der Waals surface area contributed by atoms with Gasteiger partial charge in [0.1, 0.15) is 6.54 Å². The highest BCUT2D eigenvalue weighted by Gasteiger charge is 2.24. The number of hydrogen-bond acceptors (Lipinski definition) is 4. The minimum absolute atomic E-state index is 0.299. The Hall–Kier alpha value is -3.12. The van der Waals surface area contributed by atoms with Gasteiger partial charge in [-0.1, -0.05) is 29.8 Å².